The summed E-state index contributed by atoms with van der Waals surface area (Å²) in [5, 5.41) is 6.53. The first-order valence-corrected chi connectivity index (χ1v) is 9.98. The van der Waals surface area contributed by atoms with Gasteiger partial charge in [-0.15, -0.1) is 23.1 Å². The summed E-state index contributed by atoms with van der Waals surface area (Å²) in [6.07, 6.45) is 1.11. The van der Waals surface area contributed by atoms with Gasteiger partial charge >= 0.3 is 12.0 Å². The Morgan fingerprint density at radius 2 is 2.23 bits per heavy atom. The molecule has 3 rings (SSSR count). The van der Waals surface area contributed by atoms with Gasteiger partial charge in [-0.2, -0.15) is 0 Å². The van der Waals surface area contributed by atoms with E-state index < -0.39 is 30.6 Å². The molecule has 3 heterocycles. The number of esters is 1. The SMILES string of the molecule is C[C@]12CCC(=O)N1[C@@H](C(=O)OCC(=O)NC(=O)NCc1cccs1)CS2. The maximum atomic E-state index is 12.2. The van der Waals surface area contributed by atoms with Crippen LogP contribution >= 0.6 is 23.1 Å². The quantitative estimate of drug-likeness (QED) is 0.720. The highest BCUT2D eigenvalue weighted by Crippen LogP contribution is 2.47. The number of rotatable bonds is 5. The zero-order chi connectivity index (χ0) is 18.7. The first-order valence-electron chi connectivity index (χ1n) is 8.12. The highest BCUT2D eigenvalue weighted by molar-refractivity contribution is 8.01. The Hall–Kier alpha value is -2.07. The Balaban J connectivity index is 1.42. The maximum Gasteiger partial charge on any atom is 0.330 e. The molecule has 1 aromatic rings. The van der Waals surface area contributed by atoms with Crippen LogP contribution in [-0.4, -0.2) is 52.0 Å². The van der Waals surface area contributed by atoms with Crippen LogP contribution in [0, 0.1) is 0 Å². The number of ether oxygens (including phenoxy) is 1. The predicted octanol–water partition coefficient (Wildman–Crippen LogP) is 1.07. The van der Waals surface area contributed by atoms with E-state index in [9.17, 15) is 19.2 Å². The number of carbonyl (C=O) groups is 4. The fraction of sp³-hybridized carbons (Fsp3) is 0.500. The summed E-state index contributed by atoms with van der Waals surface area (Å²) in [7, 11) is 0. The predicted molar refractivity (Wildman–Crippen MR) is 96.4 cm³/mol. The van der Waals surface area contributed by atoms with Crippen molar-refractivity contribution in [3.05, 3.63) is 22.4 Å². The van der Waals surface area contributed by atoms with Crippen molar-refractivity contribution in [3.8, 4) is 0 Å². The molecule has 8 nitrogen and oxygen atoms in total. The molecule has 2 fully saturated rings. The number of nitrogens with zero attached hydrogens (tertiary/aromatic N) is 1. The molecule has 0 radical (unpaired) electrons. The van der Waals surface area contributed by atoms with Crippen LogP contribution < -0.4 is 10.6 Å². The van der Waals surface area contributed by atoms with Crippen LogP contribution in [-0.2, 0) is 25.7 Å². The van der Waals surface area contributed by atoms with Crippen LogP contribution in [0.1, 0.15) is 24.6 Å². The molecule has 2 aliphatic heterocycles. The van der Waals surface area contributed by atoms with Crippen molar-refractivity contribution in [1.29, 1.82) is 0 Å². The third-order valence-corrected chi connectivity index (χ3v) is 6.70. The molecule has 10 heteroatoms. The van der Waals surface area contributed by atoms with Gasteiger partial charge in [0.15, 0.2) is 6.61 Å². The second-order valence-electron chi connectivity index (χ2n) is 6.18. The topological polar surface area (TPSA) is 105 Å². The standard InChI is InChI=1S/C16H19N3O5S2/c1-16-5-4-13(21)19(16)11(9-26-16)14(22)24-8-12(20)18-15(23)17-7-10-3-2-6-25-10/h2-3,6,11H,4-5,7-9H2,1H3,(H2,17,18,20,23)/t11-,16+/m1/s1. The van der Waals surface area contributed by atoms with Gasteiger partial charge in [0.1, 0.15) is 6.04 Å². The normalized spacial score (nSPS) is 24.3. The van der Waals surface area contributed by atoms with Crippen molar-refractivity contribution in [2.24, 2.45) is 0 Å². The van der Waals surface area contributed by atoms with Gasteiger partial charge in [0, 0.05) is 17.1 Å². The van der Waals surface area contributed by atoms with Crippen molar-refractivity contribution in [3.63, 3.8) is 0 Å². The molecule has 0 saturated carbocycles. The van der Waals surface area contributed by atoms with Crippen LogP contribution in [0.5, 0.6) is 0 Å². The van der Waals surface area contributed by atoms with Gasteiger partial charge in [-0.1, -0.05) is 6.07 Å². The molecule has 2 atom stereocenters. The highest BCUT2D eigenvalue weighted by Gasteiger charge is 2.53. The Kier molecular flexibility index (Phi) is 5.52. The zero-order valence-corrected chi connectivity index (χ0v) is 15.8. The van der Waals surface area contributed by atoms with E-state index in [4.69, 9.17) is 4.74 Å². The Morgan fingerprint density at radius 3 is 2.96 bits per heavy atom. The summed E-state index contributed by atoms with van der Waals surface area (Å²) in [4.78, 5) is 49.8. The molecule has 2 saturated heterocycles. The second-order valence-corrected chi connectivity index (χ2v) is 8.72. The van der Waals surface area contributed by atoms with Crippen molar-refractivity contribution in [2.75, 3.05) is 12.4 Å². The van der Waals surface area contributed by atoms with Crippen LogP contribution in [0.25, 0.3) is 0 Å². The number of thiophene rings is 1. The van der Waals surface area contributed by atoms with Crippen LogP contribution in [0.2, 0.25) is 0 Å². The first kappa shape index (κ1) is 18.7. The molecular weight excluding hydrogens is 378 g/mol. The van der Waals surface area contributed by atoms with Gasteiger partial charge in [-0.05, 0) is 24.8 Å². The molecule has 0 spiro atoms. The minimum atomic E-state index is -0.719. The molecule has 1 aromatic heterocycles. The molecule has 2 aliphatic rings. The van der Waals surface area contributed by atoms with E-state index >= 15 is 0 Å². The highest BCUT2D eigenvalue weighted by atomic mass is 32.2. The average molecular weight is 397 g/mol. The van der Waals surface area contributed by atoms with E-state index in [-0.39, 0.29) is 10.8 Å². The maximum absolute atomic E-state index is 12.2. The van der Waals surface area contributed by atoms with Gasteiger partial charge in [0.25, 0.3) is 5.91 Å². The van der Waals surface area contributed by atoms with E-state index in [0.717, 1.165) is 4.88 Å². The second kappa shape index (κ2) is 7.67. The number of thioether (sulfide) groups is 1. The summed E-state index contributed by atoms with van der Waals surface area (Å²) in [5.74, 6) is -0.963. The van der Waals surface area contributed by atoms with Crippen molar-refractivity contribution in [1.82, 2.24) is 15.5 Å². The monoisotopic (exact) mass is 397 g/mol. The number of imide groups is 1. The number of carbonyl (C=O) groups excluding carboxylic acids is 4. The van der Waals surface area contributed by atoms with Crippen molar-refractivity contribution >= 4 is 46.9 Å². The van der Waals surface area contributed by atoms with E-state index in [1.165, 1.54) is 11.3 Å². The van der Waals surface area contributed by atoms with Gasteiger partial charge < -0.3 is 15.0 Å². The largest absolute Gasteiger partial charge is 0.454 e. The average Bonchev–Trinajstić information content (AvgIpc) is 3.29. The van der Waals surface area contributed by atoms with E-state index in [0.29, 0.717) is 25.1 Å². The lowest BCUT2D eigenvalue weighted by Crippen LogP contribution is -2.47. The number of hydrogen-bond donors (Lipinski definition) is 2. The van der Waals surface area contributed by atoms with Crippen molar-refractivity contribution < 1.29 is 23.9 Å². The van der Waals surface area contributed by atoms with Crippen LogP contribution in [0.3, 0.4) is 0 Å². The van der Waals surface area contributed by atoms with Crippen molar-refractivity contribution in [2.45, 2.75) is 37.2 Å². The molecule has 26 heavy (non-hydrogen) atoms. The third kappa shape index (κ3) is 4.01. The number of amides is 4. The van der Waals surface area contributed by atoms with Crippen LogP contribution in [0.15, 0.2) is 17.5 Å². The summed E-state index contributed by atoms with van der Waals surface area (Å²) in [6.45, 7) is 1.68. The summed E-state index contributed by atoms with van der Waals surface area (Å²) in [6, 6.07) is 2.39. The fourth-order valence-electron chi connectivity index (χ4n) is 3.02. The Labute approximate surface area is 158 Å². The van der Waals surface area contributed by atoms with Gasteiger partial charge in [0.05, 0.1) is 11.4 Å². The molecule has 140 valence electrons. The van der Waals surface area contributed by atoms with Gasteiger partial charge in [0.2, 0.25) is 5.91 Å². The molecule has 0 aromatic carbocycles. The number of hydrogen-bond acceptors (Lipinski definition) is 7. The van der Waals surface area contributed by atoms with Gasteiger partial charge in [-0.3, -0.25) is 14.9 Å². The van der Waals surface area contributed by atoms with Crippen LogP contribution in [0.4, 0.5) is 4.79 Å². The molecule has 0 unspecified atom stereocenters. The van der Waals surface area contributed by atoms with E-state index in [1.807, 2.05) is 24.4 Å². The summed E-state index contributed by atoms with van der Waals surface area (Å²) >= 11 is 3.03. The fourth-order valence-corrected chi connectivity index (χ4v) is 5.08. The van der Waals surface area contributed by atoms with Gasteiger partial charge in [-0.25, -0.2) is 9.59 Å². The minimum absolute atomic E-state index is 0.0724. The Bertz CT molecular complexity index is 723. The number of fused-ring (bicyclic) bond motifs is 1. The number of nitrogens with one attached hydrogen (secondary N) is 2. The van der Waals surface area contributed by atoms with E-state index in [1.54, 1.807) is 16.7 Å². The first-order chi connectivity index (χ1) is 12.4. The lowest BCUT2D eigenvalue weighted by molar-refractivity contribution is -0.156. The molecule has 0 aliphatic carbocycles. The third-order valence-electron chi connectivity index (χ3n) is 4.32. The number of urea groups is 1. The Morgan fingerprint density at radius 1 is 1.42 bits per heavy atom. The lowest BCUT2D eigenvalue weighted by Gasteiger charge is -2.29. The molecule has 4 amide bonds. The smallest absolute Gasteiger partial charge is 0.330 e. The molecular formula is C16H19N3O5S2. The molecule has 2 N–H and O–H groups in total. The summed E-state index contributed by atoms with van der Waals surface area (Å²) < 4.78 is 5.00. The minimum Gasteiger partial charge on any atom is -0.454 e. The van der Waals surface area contributed by atoms with E-state index in [2.05, 4.69) is 10.6 Å². The molecule has 0 bridgehead atoms. The zero-order valence-electron chi connectivity index (χ0n) is 14.1. The summed E-state index contributed by atoms with van der Waals surface area (Å²) in [5.41, 5.74) is 0. The lowest BCUT2D eigenvalue weighted by atomic mass is 10.2.